The third-order valence-electron chi connectivity index (χ3n) is 2.17. The van der Waals surface area contributed by atoms with Gasteiger partial charge in [-0.2, -0.15) is 0 Å². The first-order chi connectivity index (χ1) is 8.58. The fourth-order valence-corrected chi connectivity index (χ4v) is 1.83. The van der Waals surface area contributed by atoms with Gasteiger partial charge < -0.3 is 5.32 Å². The van der Waals surface area contributed by atoms with Gasteiger partial charge in [-0.3, -0.25) is 4.79 Å². The van der Waals surface area contributed by atoms with E-state index in [-0.39, 0.29) is 10.7 Å². The lowest BCUT2D eigenvalue weighted by molar-refractivity contribution is 0.102. The number of carbonyl (C=O) groups excluding carboxylic acids is 1. The van der Waals surface area contributed by atoms with Crippen molar-refractivity contribution in [2.75, 3.05) is 5.32 Å². The van der Waals surface area contributed by atoms with Crippen LogP contribution in [0.1, 0.15) is 10.4 Å². The first-order valence-electron chi connectivity index (χ1n) is 4.95. The number of hydrogen-bond acceptors (Lipinski definition) is 2. The molecule has 0 aliphatic rings. The van der Waals surface area contributed by atoms with Crippen molar-refractivity contribution in [3.05, 3.63) is 57.5 Å². The van der Waals surface area contributed by atoms with E-state index in [4.69, 9.17) is 11.6 Å². The number of anilines is 1. The Hall–Kier alpha value is -1.46. The van der Waals surface area contributed by atoms with Gasteiger partial charge in [-0.1, -0.05) is 23.7 Å². The highest BCUT2D eigenvalue weighted by Crippen LogP contribution is 2.23. The number of aromatic nitrogens is 1. The molecule has 0 aliphatic heterocycles. The summed E-state index contributed by atoms with van der Waals surface area (Å²) >= 11 is 9.04. The standard InChI is InChI=1S/C12H7BrClFN2O/c13-7-5-10(11(14)16-6-7)17-12(18)8-3-1-2-4-9(8)15/h1-6H,(H,17,18). The van der Waals surface area contributed by atoms with Crippen LogP contribution in [0.5, 0.6) is 0 Å². The molecule has 3 nitrogen and oxygen atoms in total. The summed E-state index contributed by atoms with van der Waals surface area (Å²) in [5.74, 6) is -1.16. The Bertz CT molecular complexity index is 606. The molecule has 92 valence electrons. The highest BCUT2D eigenvalue weighted by atomic mass is 79.9. The molecule has 1 aromatic heterocycles. The Morgan fingerprint density at radius 1 is 1.39 bits per heavy atom. The van der Waals surface area contributed by atoms with Gasteiger partial charge in [-0.25, -0.2) is 9.37 Å². The predicted octanol–water partition coefficient (Wildman–Crippen LogP) is 3.89. The average Bonchev–Trinajstić information content (AvgIpc) is 2.34. The Morgan fingerprint density at radius 2 is 2.11 bits per heavy atom. The Kier molecular flexibility index (Phi) is 3.93. The topological polar surface area (TPSA) is 42.0 Å². The lowest BCUT2D eigenvalue weighted by Gasteiger charge is -2.07. The Labute approximate surface area is 116 Å². The van der Waals surface area contributed by atoms with Crippen LogP contribution >= 0.6 is 27.5 Å². The van der Waals surface area contributed by atoms with Gasteiger partial charge in [0.2, 0.25) is 0 Å². The summed E-state index contributed by atoms with van der Waals surface area (Å²) in [5, 5.41) is 2.65. The number of benzene rings is 1. The molecule has 1 amide bonds. The van der Waals surface area contributed by atoms with E-state index in [0.29, 0.717) is 10.2 Å². The zero-order valence-corrected chi connectivity index (χ0v) is 11.3. The molecule has 1 aromatic carbocycles. The van der Waals surface area contributed by atoms with Gasteiger partial charge in [0.25, 0.3) is 5.91 Å². The maximum Gasteiger partial charge on any atom is 0.258 e. The highest BCUT2D eigenvalue weighted by molar-refractivity contribution is 9.10. The van der Waals surface area contributed by atoms with Gasteiger partial charge in [0.15, 0.2) is 5.15 Å². The number of rotatable bonds is 2. The van der Waals surface area contributed by atoms with Crippen molar-refractivity contribution in [1.29, 1.82) is 0 Å². The average molecular weight is 330 g/mol. The molecule has 6 heteroatoms. The second kappa shape index (κ2) is 5.46. The summed E-state index contributed by atoms with van der Waals surface area (Å²) in [4.78, 5) is 15.7. The molecular weight excluding hydrogens is 323 g/mol. The number of amides is 1. The predicted molar refractivity (Wildman–Crippen MR) is 71.3 cm³/mol. The zero-order valence-electron chi connectivity index (χ0n) is 8.95. The van der Waals surface area contributed by atoms with Crippen LogP contribution in [0.15, 0.2) is 41.0 Å². The van der Waals surface area contributed by atoms with Crippen LogP contribution in [0.2, 0.25) is 5.15 Å². The molecular formula is C12H7BrClFN2O. The first-order valence-corrected chi connectivity index (χ1v) is 6.12. The van der Waals surface area contributed by atoms with Crippen LogP contribution in [0.4, 0.5) is 10.1 Å². The van der Waals surface area contributed by atoms with E-state index in [1.807, 2.05) is 0 Å². The maximum atomic E-state index is 13.4. The number of halogens is 3. The Balaban J connectivity index is 2.27. The van der Waals surface area contributed by atoms with Crippen LogP contribution < -0.4 is 5.32 Å². The van der Waals surface area contributed by atoms with Gasteiger partial charge >= 0.3 is 0 Å². The van der Waals surface area contributed by atoms with Crippen molar-refractivity contribution in [3.8, 4) is 0 Å². The minimum Gasteiger partial charge on any atom is -0.319 e. The molecule has 2 aromatic rings. The van der Waals surface area contributed by atoms with E-state index in [1.165, 1.54) is 24.4 Å². The van der Waals surface area contributed by atoms with E-state index in [0.717, 1.165) is 0 Å². The van der Waals surface area contributed by atoms with Crippen LogP contribution in [-0.2, 0) is 0 Å². The summed E-state index contributed by atoms with van der Waals surface area (Å²) in [6.07, 6.45) is 1.50. The Morgan fingerprint density at radius 3 is 2.83 bits per heavy atom. The molecule has 0 unspecified atom stereocenters. The van der Waals surface area contributed by atoms with E-state index in [9.17, 15) is 9.18 Å². The van der Waals surface area contributed by atoms with Crippen molar-refractivity contribution in [2.45, 2.75) is 0 Å². The van der Waals surface area contributed by atoms with Gasteiger partial charge in [-0.15, -0.1) is 0 Å². The molecule has 0 spiro atoms. The van der Waals surface area contributed by atoms with Crippen LogP contribution in [0.25, 0.3) is 0 Å². The molecule has 18 heavy (non-hydrogen) atoms. The summed E-state index contributed by atoms with van der Waals surface area (Å²) in [5.41, 5.74) is 0.271. The lowest BCUT2D eigenvalue weighted by Crippen LogP contribution is -2.14. The van der Waals surface area contributed by atoms with E-state index in [2.05, 4.69) is 26.2 Å². The number of carbonyl (C=O) groups is 1. The van der Waals surface area contributed by atoms with Gasteiger partial charge in [0.1, 0.15) is 5.82 Å². The van der Waals surface area contributed by atoms with Gasteiger partial charge in [-0.05, 0) is 34.1 Å². The van der Waals surface area contributed by atoms with Gasteiger partial charge in [0, 0.05) is 10.7 Å². The number of pyridine rings is 1. The SMILES string of the molecule is O=C(Nc1cc(Br)cnc1Cl)c1ccccc1F. The summed E-state index contributed by atoms with van der Waals surface area (Å²) in [6.45, 7) is 0. The second-order valence-corrected chi connectivity index (χ2v) is 4.70. The third-order valence-corrected chi connectivity index (χ3v) is 2.91. The quantitative estimate of drug-likeness (QED) is 0.849. The molecule has 0 fully saturated rings. The summed E-state index contributed by atoms with van der Waals surface area (Å²) < 4.78 is 14.1. The normalized spacial score (nSPS) is 10.2. The van der Waals surface area contributed by atoms with E-state index in [1.54, 1.807) is 12.1 Å². The fourth-order valence-electron chi connectivity index (χ4n) is 1.35. The monoisotopic (exact) mass is 328 g/mol. The molecule has 0 saturated heterocycles. The smallest absolute Gasteiger partial charge is 0.258 e. The third kappa shape index (κ3) is 2.86. The minimum atomic E-state index is -0.589. The summed E-state index contributed by atoms with van der Waals surface area (Å²) in [7, 11) is 0. The van der Waals surface area contributed by atoms with Crippen molar-refractivity contribution in [2.24, 2.45) is 0 Å². The molecule has 0 atom stereocenters. The summed E-state index contributed by atoms with van der Waals surface area (Å²) in [6, 6.07) is 7.30. The van der Waals surface area contributed by atoms with Crippen LogP contribution in [-0.4, -0.2) is 10.9 Å². The molecule has 1 N–H and O–H groups in total. The van der Waals surface area contributed by atoms with Crippen molar-refractivity contribution < 1.29 is 9.18 Å². The molecule has 0 saturated carbocycles. The van der Waals surface area contributed by atoms with Gasteiger partial charge in [0.05, 0.1) is 11.3 Å². The largest absolute Gasteiger partial charge is 0.319 e. The zero-order chi connectivity index (χ0) is 13.1. The lowest BCUT2D eigenvalue weighted by atomic mass is 10.2. The number of hydrogen-bond donors (Lipinski definition) is 1. The van der Waals surface area contributed by atoms with Crippen molar-refractivity contribution >= 4 is 39.1 Å². The fraction of sp³-hybridized carbons (Fsp3) is 0. The van der Waals surface area contributed by atoms with Crippen LogP contribution in [0.3, 0.4) is 0 Å². The number of nitrogens with one attached hydrogen (secondary N) is 1. The molecule has 2 rings (SSSR count). The molecule has 1 heterocycles. The van der Waals surface area contributed by atoms with E-state index >= 15 is 0 Å². The molecule has 0 aliphatic carbocycles. The number of nitrogens with zero attached hydrogens (tertiary/aromatic N) is 1. The van der Waals surface area contributed by atoms with E-state index < -0.39 is 11.7 Å². The first kappa shape index (κ1) is 13.0. The van der Waals surface area contributed by atoms with Crippen molar-refractivity contribution in [3.63, 3.8) is 0 Å². The van der Waals surface area contributed by atoms with Crippen LogP contribution in [0, 0.1) is 5.82 Å². The maximum absolute atomic E-state index is 13.4. The van der Waals surface area contributed by atoms with Crippen molar-refractivity contribution in [1.82, 2.24) is 4.98 Å². The second-order valence-electron chi connectivity index (χ2n) is 3.43. The molecule has 0 bridgehead atoms. The highest BCUT2D eigenvalue weighted by Gasteiger charge is 2.13. The molecule has 0 radical (unpaired) electrons. The minimum absolute atomic E-state index is 0.0476.